The number of ether oxygens (including phenoxy) is 1. The lowest BCUT2D eigenvalue weighted by molar-refractivity contribution is -0.0796. The van der Waals surface area contributed by atoms with Crippen molar-refractivity contribution in [1.82, 2.24) is 0 Å². The summed E-state index contributed by atoms with van der Waals surface area (Å²) in [5, 5.41) is 11.0. The van der Waals surface area contributed by atoms with E-state index in [0.717, 1.165) is 48.5 Å². The molecule has 0 amide bonds. The van der Waals surface area contributed by atoms with E-state index in [4.69, 9.17) is 4.74 Å². The van der Waals surface area contributed by atoms with Crippen molar-refractivity contribution in [1.29, 1.82) is 0 Å². The van der Waals surface area contributed by atoms with Crippen molar-refractivity contribution < 1.29 is 9.84 Å². The molecule has 2 heteroatoms. The third kappa shape index (κ3) is 2.16. The van der Waals surface area contributed by atoms with Crippen LogP contribution in [0, 0.1) is 46.8 Å². The van der Waals surface area contributed by atoms with Crippen molar-refractivity contribution in [2.45, 2.75) is 90.3 Å². The summed E-state index contributed by atoms with van der Waals surface area (Å²) in [5.41, 5.74) is 0.194. The van der Waals surface area contributed by atoms with Gasteiger partial charge in [-0.15, -0.1) is 0 Å². The van der Waals surface area contributed by atoms with E-state index in [2.05, 4.69) is 20.8 Å². The van der Waals surface area contributed by atoms with Crippen molar-refractivity contribution in [3.63, 3.8) is 0 Å². The Labute approximate surface area is 154 Å². The summed E-state index contributed by atoms with van der Waals surface area (Å²) in [5.74, 6) is 6.04. The minimum atomic E-state index is -0.451. The highest BCUT2D eigenvalue weighted by Gasteiger charge is 2.72. The molecule has 5 saturated carbocycles. The quantitative estimate of drug-likeness (QED) is 0.775. The first kappa shape index (κ1) is 17.0. The topological polar surface area (TPSA) is 29.5 Å². The van der Waals surface area contributed by atoms with Crippen LogP contribution in [0.5, 0.6) is 0 Å². The van der Waals surface area contributed by atoms with Crippen LogP contribution in [0.4, 0.5) is 0 Å². The lowest BCUT2D eigenvalue weighted by atomic mass is 9.49. The maximum Gasteiger partial charge on any atom is 0.0968 e. The second-order valence-electron chi connectivity index (χ2n) is 10.5. The second kappa shape index (κ2) is 5.71. The maximum atomic E-state index is 11.0. The molecule has 10 atom stereocenters. The summed E-state index contributed by atoms with van der Waals surface area (Å²) in [6, 6.07) is 0. The molecule has 142 valence electrons. The van der Waals surface area contributed by atoms with Gasteiger partial charge in [0, 0.05) is 12.5 Å². The van der Waals surface area contributed by atoms with Gasteiger partial charge in [0.15, 0.2) is 0 Å². The Kier molecular flexibility index (Phi) is 3.89. The van der Waals surface area contributed by atoms with Crippen molar-refractivity contribution >= 4 is 0 Å². The largest absolute Gasteiger partial charge is 0.387 e. The first-order chi connectivity index (χ1) is 12.0. The summed E-state index contributed by atoms with van der Waals surface area (Å²) < 4.78 is 5.95. The van der Waals surface area contributed by atoms with Crippen LogP contribution in [-0.2, 0) is 4.74 Å². The van der Waals surface area contributed by atoms with Gasteiger partial charge in [-0.3, -0.25) is 0 Å². The molecule has 0 heterocycles. The molecule has 5 fully saturated rings. The fraction of sp³-hybridized carbons (Fsp3) is 1.00. The Hall–Kier alpha value is -0.0800. The maximum absolute atomic E-state index is 11.0. The summed E-state index contributed by atoms with van der Waals surface area (Å²) in [6.45, 7) is 7.90. The lowest BCUT2D eigenvalue weighted by Gasteiger charge is -2.56. The van der Waals surface area contributed by atoms with E-state index in [1.165, 1.54) is 51.4 Å². The Bertz CT molecular complexity index is 532. The van der Waals surface area contributed by atoms with Gasteiger partial charge in [-0.2, -0.15) is 0 Å². The summed E-state index contributed by atoms with van der Waals surface area (Å²) in [4.78, 5) is 0. The first-order valence-electron chi connectivity index (χ1n) is 11.4. The van der Waals surface area contributed by atoms with Crippen LogP contribution >= 0.6 is 0 Å². The van der Waals surface area contributed by atoms with E-state index in [0.29, 0.717) is 11.3 Å². The lowest BCUT2D eigenvalue weighted by Crippen LogP contribution is -2.49. The van der Waals surface area contributed by atoms with E-state index in [9.17, 15) is 5.11 Å². The molecule has 5 rings (SSSR count). The van der Waals surface area contributed by atoms with Crippen LogP contribution < -0.4 is 0 Å². The number of hydrogen-bond donors (Lipinski definition) is 1. The number of hydrogen-bond acceptors (Lipinski definition) is 2. The number of aliphatic hydroxyl groups is 1. The molecule has 1 N–H and O–H groups in total. The highest BCUT2D eigenvalue weighted by molar-refractivity contribution is 5.21. The molecule has 0 aromatic heterocycles. The number of fused-ring (bicyclic) bond motifs is 7. The molecule has 25 heavy (non-hydrogen) atoms. The molecular weight excluding hydrogens is 308 g/mol. The van der Waals surface area contributed by atoms with Gasteiger partial charge in [0.25, 0.3) is 0 Å². The van der Waals surface area contributed by atoms with Gasteiger partial charge in [0.2, 0.25) is 0 Å². The summed E-state index contributed by atoms with van der Waals surface area (Å²) in [6.07, 6.45) is 12.6. The van der Waals surface area contributed by atoms with Gasteiger partial charge in [-0.1, -0.05) is 20.3 Å². The first-order valence-corrected chi connectivity index (χ1v) is 11.4. The normalized spacial score (nSPS) is 59.5. The molecule has 0 spiro atoms. The van der Waals surface area contributed by atoms with Crippen molar-refractivity contribution in [3.05, 3.63) is 0 Å². The van der Waals surface area contributed by atoms with Gasteiger partial charge < -0.3 is 9.84 Å². The van der Waals surface area contributed by atoms with E-state index in [-0.39, 0.29) is 6.10 Å². The molecule has 5 aliphatic carbocycles. The number of rotatable bonds is 3. The summed E-state index contributed by atoms with van der Waals surface area (Å²) in [7, 11) is 0. The highest BCUT2D eigenvalue weighted by atomic mass is 16.5. The van der Waals surface area contributed by atoms with E-state index < -0.39 is 5.60 Å². The monoisotopic (exact) mass is 346 g/mol. The van der Waals surface area contributed by atoms with Gasteiger partial charge in [-0.25, -0.2) is 0 Å². The molecular formula is C23H38O2. The van der Waals surface area contributed by atoms with Crippen LogP contribution in [0.2, 0.25) is 0 Å². The zero-order chi connectivity index (χ0) is 17.4. The Morgan fingerprint density at radius 2 is 1.60 bits per heavy atom. The van der Waals surface area contributed by atoms with Gasteiger partial charge in [-0.05, 0) is 99.2 Å². The fourth-order valence-electron chi connectivity index (χ4n) is 8.98. The van der Waals surface area contributed by atoms with Crippen LogP contribution in [0.3, 0.4) is 0 Å². The second-order valence-corrected chi connectivity index (χ2v) is 10.5. The summed E-state index contributed by atoms with van der Waals surface area (Å²) >= 11 is 0. The Balaban J connectivity index is 1.36. The van der Waals surface area contributed by atoms with Crippen LogP contribution in [-0.4, -0.2) is 23.4 Å². The molecule has 10 unspecified atom stereocenters. The molecule has 0 aromatic carbocycles. The van der Waals surface area contributed by atoms with Crippen molar-refractivity contribution in [2.75, 3.05) is 6.61 Å². The molecule has 0 aromatic rings. The average molecular weight is 347 g/mol. The molecule has 2 nitrogen and oxygen atoms in total. The van der Waals surface area contributed by atoms with E-state index >= 15 is 0 Å². The molecule has 0 saturated heterocycles. The average Bonchev–Trinajstić information content (AvgIpc) is 3.05. The smallest absolute Gasteiger partial charge is 0.0968 e. The molecule has 5 aliphatic rings. The van der Waals surface area contributed by atoms with Crippen LogP contribution in [0.25, 0.3) is 0 Å². The van der Waals surface area contributed by atoms with Crippen LogP contribution in [0.1, 0.15) is 78.6 Å². The van der Waals surface area contributed by atoms with Gasteiger partial charge in [0.05, 0.1) is 11.7 Å². The Morgan fingerprint density at radius 3 is 2.36 bits per heavy atom. The Morgan fingerprint density at radius 1 is 0.880 bits per heavy atom. The predicted octanol–water partition coefficient (Wildman–Crippen LogP) is 5.04. The molecule has 0 radical (unpaired) electrons. The zero-order valence-corrected chi connectivity index (χ0v) is 16.5. The SMILES string of the molecule is CCOC1C2C3CCC4C(CCC5(C)C(CC)CCC45)C3CCC12O. The third-order valence-corrected chi connectivity index (χ3v) is 10.1. The zero-order valence-electron chi connectivity index (χ0n) is 16.5. The van der Waals surface area contributed by atoms with Crippen LogP contribution in [0.15, 0.2) is 0 Å². The minimum absolute atomic E-state index is 0.161. The highest BCUT2D eigenvalue weighted by Crippen LogP contribution is 2.69. The standard InChI is InChI=1S/C23H38O2/c1-4-14-6-9-19-17-7-8-18-16(15(17)10-12-22(14,19)3)11-13-23(24)20(18)21(23)25-5-2/h14-21,24H,4-13H2,1-3H3. The molecule has 0 bridgehead atoms. The van der Waals surface area contributed by atoms with Crippen molar-refractivity contribution in [3.8, 4) is 0 Å². The van der Waals surface area contributed by atoms with E-state index in [1.54, 1.807) is 0 Å². The minimum Gasteiger partial charge on any atom is -0.387 e. The predicted molar refractivity (Wildman–Crippen MR) is 100 cm³/mol. The van der Waals surface area contributed by atoms with Gasteiger partial charge in [0.1, 0.15) is 0 Å². The van der Waals surface area contributed by atoms with E-state index in [1.807, 2.05) is 0 Å². The third-order valence-electron chi connectivity index (χ3n) is 10.1. The molecule has 0 aliphatic heterocycles. The fourth-order valence-corrected chi connectivity index (χ4v) is 8.98. The van der Waals surface area contributed by atoms with Crippen molar-refractivity contribution in [2.24, 2.45) is 46.8 Å². The van der Waals surface area contributed by atoms with Gasteiger partial charge >= 0.3 is 0 Å².